The van der Waals surface area contributed by atoms with E-state index in [1.807, 2.05) is 0 Å². The summed E-state index contributed by atoms with van der Waals surface area (Å²) >= 11 is 0. The number of carboxylic acid groups (broad SMARTS) is 1. The monoisotopic (exact) mass is 410 g/mol. The van der Waals surface area contributed by atoms with Crippen LogP contribution in [-0.4, -0.2) is 53.0 Å². The van der Waals surface area contributed by atoms with Crippen LogP contribution < -0.4 is 4.74 Å². The summed E-state index contributed by atoms with van der Waals surface area (Å²) in [6.07, 6.45) is 2.88. The van der Waals surface area contributed by atoms with Gasteiger partial charge in [0, 0.05) is 18.7 Å². The first-order valence-electron chi connectivity index (χ1n) is 10.0. The third-order valence-corrected chi connectivity index (χ3v) is 5.16. The Labute approximate surface area is 175 Å². The van der Waals surface area contributed by atoms with Crippen LogP contribution in [0.5, 0.6) is 5.75 Å². The minimum absolute atomic E-state index is 0.0680. The van der Waals surface area contributed by atoms with Crippen molar-refractivity contribution in [2.24, 2.45) is 0 Å². The highest BCUT2D eigenvalue weighted by Crippen LogP contribution is 2.19. The van der Waals surface area contributed by atoms with Crippen molar-refractivity contribution in [2.75, 3.05) is 20.2 Å². The van der Waals surface area contributed by atoms with Crippen LogP contribution in [0.15, 0.2) is 48.5 Å². The lowest BCUT2D eigenvalue weighted by Gasteiger charge is -2.32. The minimum Gasteiger partial charge on any atom is -0.497 e. The van der Waals surface area contributed by atoms with Gasteiger partial charge >= 0.3 is 12.0 Å². The molecular formula is C23H26N2O5. The van der Waals surface area contributed by atoms with Gasteiger partial charge in [-0.1, -0.05) is 24.3 Å². The van der Waals surface area contributed by atoms with Crippen molar-refractivity contribution < 1.29 is 24.2 Å². The topological polar surface area (TPSA) is 87.1 Å². The number of urea groups is 1. The van der Waals surface area contributed by atoms with Gasteiger partial charge < -0.3 is 14.7 Å². The Kier molecular flexibility index (Phi) is 7.06. The molecular weight excluding hydrogens is 384 g/mol. The highest BCUT2D eigenvalue weighted by molar-refractivity contribution is 6.04. The second-order valence-corrected chi connectivity index (χ2v) is 7.34. The predicted octanol–water partition coefficient (Wildman–Crippen LogP) is 3.57. The highest BCUT2D eigenvalue weighted by atomic mass is 16.5. The van der Waals surface area contributed by atoms with E-state index in [4.69, 9.17) is 9.84 Å². The Morgan fingerprint density at radius 2 is 1.53 bits per heavy atom. The van der Waals surface area contributed by atoms with Crippen molar-refractivity contribution in [1.29, 1.82) is 0 Å². The van der Waals surface area contributed by atoms with E-state index in [2.05, 4.69) is 0 Å². The molecule has 3 rings (SSSR count). The van der Waals surface area contributed by atoms with Crippen LogP contribution in [0.2, 0.25) is 0 Å². The lowest BCUT2D eigenvalue weighted by molar-refractivity contribution is -0.136. The van der Waals surface area contributed by atoms with E-state index in [9.17, 15) is 14.4 Å². The fourth-order valence-electron chi connectivity index (χ4n) is 3.49. The van der Waals surface area contributed by atoms with Crippen LogP contribution in [0.3, 0.4) is 0 Å². The number of benzene rings is 2. The molecule has 1 aliphatic rings. The van der Waals surface area contributed by atoms with Crippen molar-refractivity contribution in [2.45, 2.75) is 32.2 Å². The molecule has 158 valence electrons. The molecule has 2 aromatic rings. The SMILES string of the molecule is COc1ccc(C(=O)N(Cc2ccc(CC(=O)O)cc2)C(=O)N2CCCCC2)cc1. The summed E-state index contributed by atoms with van der Waals surface area (Å²) in [5.41, 5.74) is 1.83. The summed E-state index contributed by atoms with van der Waals surface area (Å²) in [6.45, 7) is 1.40. The van der Waals surface area contributed by atoms with E-state index in [0.29, 0.717) is 30.0 Å². The maximum atomic E-state index is 13.2. The largest absolute Gasteiger partial charge is 0.497 e. The maximum Gasteiger partial charge on any atom is 0.327 e. The highest BCUT2D eigenvalue weighted by Gasteiger charge is 2.28. The summed E-state index contributed by atoms with van der Waals surface area (Å²) in [5, 5.41) is 8.92. The van der Waals surface area contributed by atoms with Crippen LogP contribution in [0.1, 0.15) is 40.7 Å². The van der Waals surface area contributed by atoms with Gasteiger partial charge in [-0.25, -0.2) is 4.79 Å². The molecule has 3 amide bonds. The number of imide groups is 1. The summed E-state index contributed by atoms with van der Waals surface area (Å²) in [7, 11) is 1.55. The standard InChI is InChI=1S/C23H26N2O5/c1-30-20-11-9-19(10-12-20)22(28)25(23(29)24-13-3-2-4-14-24)16-18-7-5-17(6-8-18)15-21(26)27/h5-12H,2-4,13-16H2,1H3,(H,26,27). The Morgan fingerprint density at radius 3 is 2.10 bits per heavy atom. The molecule has 0 bridgehead atoms. The number of carboxylic acids is 1. The van der Waals surface area contributed by atoms with Crippen molar-refractivity contribution in [1.82, 2.24) is 9.80 Å². The molecule has 7 heteroatoms. The number of nitrogens with zero attached hydrogens (tertiary/aromatic N) is 2. The van der Waals surface area contributed by atoms with Gasteiger partial charge in [0.15, 0.2) is 0 Å². The molecule has 0 radical (unpaired) electrons. The van der Waals surface area contributed by atoms with E-state index in [1.54, 1.807) is 60.5 Å². The van der Waals surface area contributed by atoms with Crippen molar-refractivity contribution in [3.63, 3.8) is 0 Å². The normalized spacial score (nSPS) is 13.6. The fourth-order valence-corrected chi connectivity index (χ4v) is 3.49. The van der Waals surface area contributed by atoms with Crippen molar-refractivity contribution in [3.05, 3.63) is 65.2 Å². The Bertz CT molecular complexity index is 887. The first kappa shape index (κ1) is 21.4. The third-order valence-electron chi connectivity index (χ3n) is 5.16. The zero-order valence-electron chi connectivity index (χ0n) is 17.0. The summed E-state index contributed by atoms with van der Waals surface area (Å²) < 4.78 is 5.14. The molecule has 1 aliphatic heterocycles. The average Bonchev–Trinajstić information content (AvgIpc) is 2.78. The van der Waals surface area contributed by atoms with E-state index in [0.717, 1.165) is 24.8 Å². The van der Waals surface area contributed by atoms with Gasteiger partial charge in [0.2, 0.25) is 0 Å². The van der Waals surface area contributed by atoms with Gasteiger partial charge in [-0.3, -0.25) is 14.5 Å². The summed E-state index contributed by atoms with van der Waals surface area (Å²) in [6, 6.07) is 13.3. The Morgan fingerprint density at radius 1 is 0.933 bits per heavy atom. The molecule has 1 heterocycles. The number of carbonyl (C=O) groups is 3. The van der Waals surface area contributed by atoms with Gasteiger partial charge in [-0.2, -0.15) is 0 Å². The molecule has 0 aliphatic carbocycles. The maximum absolute atomic E-state index is 13.2. The summed E-state index contributed by atoms with van der Waals surface area (Å²) in [5.74, 6) is -0.642. The Hall–Kier alpha value is -3.35. The number of methoxy groups -OCH3 is 1. The molecule has 0 unspecified atom stereocenters. The van der Waals surface area contributed by atoms with E-state index >= 15 is 0 Å². The smallest absolute Gasteiger partial charge is 0.327 e. The van der Waals surface area contributed by atoms with Gasteiger partial charge in [-0.15, -0.1) is 0 Å². The lowest BCUT2D eigenvalue weighted by atomic mass is 10.1. The molecule has 0 aromatic heterocycles. The molecule has 30 heavy (non-hydrogen) atoms. The van der Waals surface area contributed by atoms with Crippen LogP contribution >= 0.6 is 0 Å². The number of hydrogen-bond donors (Lipinski definition) is 1. The first-order chi connectivity index (χ1) is 14.5. The molecule has 7 nitrogen and oxygen atoms in total. The molecule has 1 N–H and O–H groups in total. The van der Waals surface area contributed by atoms with Crippen LogP contribution in [-0.2, 0) is 17.8 Å². The number of carbonyl (C=O) groups excluding carboxylic acids is 2. The number of piperidine rings is 1. The van der Waals surface area contributed by atoms with Gasteiger partial charge in [-0.05, 0) is 54.7 Å². The summed E-state index contributed by atoms with van der Waals surface area (Å²) in [4.78, 5) is 40.3. The van der Waals surface area contributed by atoms with E-state index in [1.165, 1.54) is 4.90 Å². The van der Waals surface area contributed by atoms with E-state index in [-0.39, 0.29) is 24.9 Å². The predicted molar refractivity (Wildman–Crippen MR) is 111 cm³/mol. The Balaban J connectivity index is 1.83. The second-order valence-electron chi connectivity index (χ2n) is 7.34. The minimum atomic E-state index is -0.903. The van der Waals surface area contributed by atoms with Crippen LogP contribution in [0, 0.1) is 0 Å². The zero-order chi connectivity index (χ0) is 21.5. The number of ether oxygens (including phenoxy) is 1. The molecule has 2 aromatic carbocycles. The van der Waals surface area contributed by atoms with Gasteiger partial charge in [0.1, 0.15) is 5.75 Å². The zero-order valence-corrected chi connectivity index (χ0v) is 17.0. The molecule has 0 saturated carbocycles. The van der Waals surface area contributed by atoms with Crippen LogP contribution in [0.4, 0.5) is 4.79 Å². The molecule has 1 fully saturated rings. The third kappa shape index (κ3) is 5.37. The van der Waals surface area contributed by atoms with Gasteiger partial charge in [0.05, 0.1) is 20.1 Å². The number of amides is 3. The number of aliphatic carboxylic acids is 1. The molecule has 0 spiro atoms. The first-order valence-corrected chi connectivity index (χ1v) is 10.0. The quantitative estimate of drug-likeness (QED) is 0.787. The molecule has 0 atom stereocenters. The van der Waals surface area contributed by atoms with Crippen molar-refractivity contribution in [3.8, 4) is 5.75 Å². The molecule has 1 saturated heterocycles. The van der Waals surface area contributed by atoms with E-state index < -0.39 is 5.97 Å². The fraction of sp³-hybridized carbons (Fsp3) is 0.348. The van der Waals surface area contributed by atoms with Crippen molar-refractivity contribution >= 4 is 17.9 Å². The second kappa shape index (κ2) is 9.91. The lowest BCUT2D eigenvalue weighted by Crippen LogP contribution is -2.47. The average molecular weight is 410 g/mol. The van der Waals surface area contributed by atoms with Crippen LogP contribution in [0.25, 0.3) is 0 Å². The number of likely N-dealkylation sites (tertiary alicyclic amines) is 1. The number of rotatable bonds is 6. The van der Waals surface area contributed by atoms with Gasteiger partial charge in [0.25, 0.3) is 5.91 Å². The number of hydrogen-bond acceptors (Lipinski definition) is 4.